The Bertz CT molecular complexity index is 431. The van der Waals surface area contributed by atoms with Crippen molar-refractivity contribution in [2.75, 3.05) is 0 Å². The van der Waals surface area contributed by atoms with Crippen LogP contribution in [0, 0.1) is 0 Å². The van der Waals surface area contributed by atoms with Gasteiger partial charge in [0.05, 0.1) is 0 Å². The molecule has 0 saturated heterocycles. The third-order valence-electron chi connectivity index (χ3n) is 3.89. The molecule has 18 heavy (non-hydrogen) atoms. The molecule has 1 atom stereocenters. The normalized spacial score (nSPS) is 17.7. The number of unbranched alkanes of at least 4 members (excludes halogenated alkanes) is 2. The molecule has 0 amide bonds. The van der Waals surface area contributed by atoms with Crippen LogP contribution in [0.25, 0.3) is 6.08 Å². The summed E-state index contributed by atoms with van der Waals surface area (Å²) in [5, 5.41) is 0.955. The highest BCUT2D eigenvalue weighted by molar-refractivity contribution is 6.31. The molecule has 0 aliphatic heterocycles. The number of halogens is 1. The van der Waals surface area contributed by atoms with Gasteiger partial charge in [-0.3, -0.25) is 0 Å². The quantitative estimate of drug-likeness (QED) is 0.572. The minimum atomic E-state index is 0.584. The molecular formula is C17H23Cl. The zero-order valence-electron chi connectivity index (χ0n) is 11.5. The molecule has 1 aliphatic rings. The molecule has 0 spiro atoms. The van der Waals surface area contributed by atoms with Crippen LogP contribution in [0.1, 0.15) is 69.4 Å². The molecule has 0 aromatic heterocycles. The van der Waals surface area contributed by atoms with E-state index in [2.05, 4.69) is 32.1 Å². The van der Waals surface area contributed by atoms with Gasteiger partial charge in [0.15, 0.2) is 0 Å². The van der Waals surface area contributed by atoms with Crippen LogP contribution in [-0.2, 0) is 0 Å². The largest absolute Gasteiger partial charge is 0.0840 e. The minimum Gasteiger partial charge on any atom is -0.0840 e. The van der Waals surface area contributed by atoms with Crippen LogP contribution < -0.4 is 0 Å². The second kappa shape index (κ2) is 6.43. The predicted molar refractivity (Wildman–Crippen MR) is 81.2 cm³/mol. The molecule has 2 rings (SSSR count). The summed E-state index contributed by atoms with van der Waals surface area (Å²) in [5.41, 5.74) is 4.35. The molecule has 1 heteroatoms. The van der Waals surface area contributed by atoms with E-state index in [4.69, 9.17) is 11.6 Å². The van der Waals surface area contributed by atoms with Crippen molar-refractivity contribution in [2.24, 2.45) is 0 Å². The first kappa shape index (κ1) is 13.7. The first-order chi connectivity index (χ1) is 8.77. The summed E-state index contributed by atoms with van der Waals surface area (Å²) in [7, 11) is 0. The van der Waals surface area contributed by atoms with E-state index in [1.54, 1.807) is 5.57 Å². The number of benzene rings is 1. The Balaban J connectivity index is 2.24. The average Bonchev–Trinajstić information content (AvgIpc) is 2.73. The summed E-state index contributed by atoms with van der Waals surface area (Å²) in [5.74, 6) is 0.584. The lowest BCUT2D eigenvalue weighted by atomic mass is 9.88. The van der Waals surface area contributed by atoms with Gasteiger partial charge in [-0.05, 0) is 36.5 Å². The van der Waals surface area contributed by atoms with Gasteiger partial charge >= 0.3 is 0 Å². The topological polar surface area (TPSA) is 0 Å². The zero-order chi connectivity index (χ0) is 13.0. The predicted octanol–water partition coefficient (Wildman–Crippen LogP) is 6.20. The maximum atomic E-state index is 6.41. The number of hydrogen-bond acceptors (Lipinski definition) is 0. The van der Waals surface area contributed by atoms with Crippen LogP contribution in [-0.4, -0.2) is 0 Å². The first-order valence-corrected chi connectivity index (χ1v) is 7.64. The van der Waals surface area contributed by atoms with Crippen molar-refractivity contribution < 1.29 is 0 Å². The van der Waals surface area contributed by atoms with Crippen LogP contribution >= 0.6 is 11.6 Å². The second-order valence-electron chi connectivity index (χ2n) is 5.26. The summed E-state index contributed by atoms with van der Waals surface area (Å²) < 4.78 is 0. The Morgan fingerprint density at radius 2 is 1.89 bits per heavy atom. The molecule has 1 unspecified atom stereocenters. The van der Waals surface area contributed by atoms with Crippen LogP contribution in [0.3, 0.4) is 0 Å². The fourth-order valence-electron chi connectivity index (χ4n) is 2.90. The molecule has 1 aromatic carbocycles. The monoisotopic (exact) mass is 262 g/mol. The van der Waals surface area contributed by atoms with Crippen molar-refractivity contribution in [3.8, 4) is 0 Å². The van der Waals surface area contributed by atoms with Gasteiger partial charge in [-0.25, -0.2) is 0 Å². The smallest absolute Gasteiger partial charge is 0.0450 e. The van der Waals surface area contributed by atoms with E-state index in [1.807, 2.05) is 6.07 Å². The van der Waals surface area contributed by atoms with Gasteiger partial charge in [0, 0.05) is 10.9 Å². The van der Waals surface area contributed by atoms with Gasteiger partial charge in [-0.15, -0.1) is 0 Å². The summed E-state index contributed by atoms with van der Waals surface area (Å²) in [6.45, 7) is 4.52. The van der Waals surface area contributed by atoms with E-state index in [9.17, 15) is 0 Å². The third kappa shape index (κ3) is 2.80. The van der Waals surface area contributed by atoms with E-state index in [1.165, 1.54) is 49.7 Å². The van der Waals surface area contributed by atoms with Crippen LogP contribution in [0.4, 0.5) is 0 Å². The standard InChI is InChI=1S/C17H23Cl/c1-3-5-8-13-12-14-9-7-11-16(18)17(14)15(13)10-6-4-2/h7,9,11-12,15H,3-6,8,10H2,1-2H3. The van der Waals surface area contributed by atoms with Crippen molar-refractivity contribution >= 4 is 17.7 Å². The molecular weight excluding hydrogens is 240 g/mol. The molecule has 0 radical (unpaired) electrons. The van der Waals surface area contributed by atoms with Crippen molar-refractivity contribution in [3.63, 3.8) is 0 Å². The SMILES string of the molecule is CCCCC1=Cc2cccc(Cl)c2C1CCCC. The number of fused-ring (bicyclic) bond motifs is 1. The Hall–Kier alpha value is -0.750. The van der Waals surface area contributed by atoms with E-state index in [0.29, 0.717) is 5.92 Å². The molecule has 0 fully saturated rings. The lowest BCUT2D eigenvalue weighted by molar-refractivity contribution is 0.621. The highest BCUT2D eigenvalue weighted by Gasteiger charge is 2.26. The summed E-state index contributed by atoms with van der Waals surface area (Å²) >= 11 is 6.41. The lowest BCUT2D eigenvalue weighted by Gasteiger charge is -2.17. The van der Waals surface area contributed by atoms with Gasteiger partial charge in [0.25, 0.3) is 0 Å². The highest BCUT2D eigenvalue weighted by Crippen LogP contribution is 2.44. The average molecular weight is 263 g/mol. The van der Waals surface area contributed by atoms with Crippen LogP contribution in [0.5, 0.6) is 0 Å². The molecule has 0 nitrogen and oxygen atoms in total. The Kier molecular flexibility index (Phi) is 4.88. The van der Waals surface area contributed by atoms with Gasteiger partial charge < -0.3 is 0 Å². The van der Waals surface area contributed by atoms with Crippen LogP contribution in [0.15, 0.2) is 23.8 Å². The Labute approximate surface area is 116 Å². The fraction of sp³-hybridized carbons (Fsp3) is 0.529. The summed E-state index contributed by atoms with van der Waals surface area (Å²) in [4.78, 5) is 0. The summed E-state index contributed by atoms with van der Waals surface area (Å²) in [6, 6.07) is 6.31. The van der Waals surface area contributed by atoms with Gasteiger partial charge in [-0.1, -0.05) is 68.5 Å². The number of allylic oxidation sites excluding steroid dienone is 1. The maximum absolute atomic E-state index is 6.41. The van der Waals surface area contributed by atoms with Gasteiger partial charge in [0.1, 0.15) is 0 Å². The third-order valence-corrected chi connectivity index (χ3v) is 4.22. The molecule has 1 aliphatic carbocycles. The van der Waals surface area contributed by atoms with E-state index in [0.717, 1.165) is 5.02 Å². The van der Waals surface area contributed by atoms with E-state index < -0.39 is 0 Å². The lowest BCUT2D eigenvalue weighted by Crippen LogP contribution is -2.00. The van der Waals surface area contributed by atoms with Crippen molar-refractivity contribution in [1.82, 2.24) is 0 Å². The summed E-state index contributed by atoms with van der Waals surface area (Å²) in [6.07, 6.45) is 9.98. The molecule has 98 valence electrons. The zero-order valence-corrected chi connectivity index (χ0v) is 12.3. The Morgan fingerprint density at radius 1 is 1.11 bits per heavy atom. The van der Waals surface area contributed by atoms with Crippen molar-refractivity contribution in [3.05, 3.63) is 39.9 Å². The molecule has 1 aromatic rings. The molecule has 0 saturated carbocycles. The maximum Gasteiger partial charge on any atom is 0.0450 e. The van der Waals surface area contributed by atoms with E-state index >= 15 is 0 Å². The first-order valence-electron chi connectivity index (χ1n) is 7.26. The van der Waals surface area contributed by atoms with Gasteiger partial charge in [0.2, 0.25) is 0 Å². The van der Waals surface area contributed by atoms with Crippen molar-refractivity contribution in [2.45, 2.75) is 58.3 Å². The number of rotatable bonds is 6. The second-order valence-corrected chi connectivity index (χ2v) is 5.67. The Morgan fingerprint density at radius 3 is 2.61 bits per heavy atom. The van der Waals surface area contributed by atoms with Crippen molar-refractivity contribution in [1.29, 1.82) is 0 Å². The molecule has 0 bridgehead atoms. The fourth-order valence-corrected chi connectivity index (χ4v) is 3.21. The van der Waals surface area contributed by atoms with E-state index in [-0.39, 0.29) is 0 Å². The molecule has 0 heterocycles. The molecule has 0 N–H and O–H groups in total. The van der Waals surface area contributed by atoms with Crippen LogP contribution in [0.2, 0.25) is 5.02 Å². The minimum absolute atomic E-state index is 0.584. The highest BCUT2D eigenvalue weighted by atomic mass is 35.5. The number of hydrogen-bond donors (Lipinski definition) is 0. The van der Waals surface area contributed by atoms with Gasteiger partial charge in [-0.2, -0.15) is 0 Å².